The summed E-state index contributed by atoms with van der Waals surface area (Å²) in [5, 5.41) is 23.0. The van der Waals surface area contributed by atoms with Crippen LogP contribution in [0.5, 0.6) is 5.75 Å². The van der Waals surface area contributed by atoms with Crippen LogP contribution in [0.1, 0.15) is 28.5 Å². The highest BCUT2D eigenvalue weighted by molar-refractivity contribution is 6.00. The molecular weight excluding hydrogens is 306 g/mol. The van der Waals surface area contributed by atoms with Crippen molar-refractivity contribution in [2.24, 2.45) is 0 Å². The van der Waals surface area contributed by atoms with Crippen molar-refractivity contribution < 1.29 is 15.0 Å². The molecule has 1 aromatic carbocycles. The van der Waals surface area contributed by atoms with E-state index in [4.69, 9.17) is 0 Å². The van der Waals surface area contributed by atoms with Crippen LogP contribution in [0.3, 0.4) is 0 Å². The lowest BCUT2D eigenvalue weighted by atomic mass is 10.0. The van der Waals surface area contributed by atoms with E-state index in [9.17, 15) is 15.0 Å². The second-order valence-corrected chi connectivity index (χ2v) is 5.35. The predicted octanol–water partition coefficient (Wildman–Crippen LogP) is 2.19. The number of aliphatic hydroxyl groups is 1. The Labute approximate surface area is 138 Å². The van der Waals surface area contributed by atoms with Crippen molar-refractivity contribution >= 4 is 16.8 Å². The third kappa shape index (κ3) is 3.18. The summed E-state index contributed by atoms with van der Waals surface area (Å²) in [6.45, 7) is -0.0709. The van der Waals surface area contributed by atoms with Crippen LogP contribution in [0, 0.1) is 0 Å². The highest BCUT2D eigenvalue weighted by atomic mass is 16.3. The summed E-state index contributed by atoms with van der Waals surface area (Å²) < 4.78 is 0. The van der Waals surface area contributed by atoms with Gasteiger partial charge in [-0.3, -0.25) is 9.78 Å². The number of pyridine rings is 2. The fourth-order valence-corrected chi connectivity index (χ4v) is 2.56. The molecule has 0 saturated heterocycles. The zero-order valence-corrected chi connectivity index (χ0v) is 12.9. The molecule has 1 atom stereocenters. The molecule has 24 heavy (non-hydrogen) atoms. The molecule has 0 fully saturated rings. The zero-order chi connectivity index (χ0) is 16.9. The fourth-order valence-electron chi connectivity index (χ4n) is 2.56. The third-order valence-electron chi connectivity index (χ3n) is 3.76. The number of benzene rings is 1. The van der Waals surface area contributed by atoms with Gasteiger partial charge in [-0.05, 0) is 24.1 Å². The molecule has 1 amide bonds. The lowest BCUT2D eigenvalue weighted by Crippen LogP contribution is -2.30. The van der Waals surface area contributed by atoms with Gasteiger partial charge in [0.1, 0.15) is 5.52 Å². The molecule has 0 bridgehead atoms. The van der Waals surface area contributed by atoms with Gasteiger partial charge in [-0.1, -0.05) is 30.3 Å². The maximum Gasteiger partial charge on any atom is 0.274 e. The molecule has 2 aromatic heterocycles. The minimum Gasteiger partial charge on any atom is -0.504 e. The first kappa shape index (κ1) is 15.9. The molecule has 0 aliphatic heterocycles. The lowest BCUT2D eigenvalue weighted by molar-refractivity contribution is 0.0922. The molecule has 2 heterocycles. The van der Waals surface area contributed by atoms with Crippen LogP contribution >= 0.6 is 0 Å². The van der Waals surface area contributed by atoms with E-state index in [0.29, 0.717) is 17.3 Å². The second kappa shape index (κ2) is 7.06. The number of rotatable bonds is 5. The molecule has 0 saturated carbocycles. The summed E-state index contributed by atoms with van der Waals surface area (Å²) in [6, 6.07) is 12.5. The Balaban J connectivity index is 1.89. The smallest absolute Gasteiger partial charge is 0.274 e. The van der Waals surface area contributed by atoms with Gasteiger partial charge in [0.25, 0.3) is 5.91 Å². The van der Waals surface area contributed by atoms with Crippen molar-refractivity contribution in [1.82, 2.24) is 15.3 Å². The highest BCUT2D eigenvalue weighted by Gasteiger charge is 2.20. The van der Waals surface area contributed by atoms with Crippen LogP contribution in [0.15, 0.2) is 54.9 Å². The number of aromatic nitrogens is 2. The van der Waals surface area contributed by atoms with Gasteiger partial charge in [0.2, 0.25) is 0 Å². The van der Waals surface area contributed by atoms with E-state index in [1.807, 2.05) is 30.3 Å². The first-order valence-electron chi connectivity index (χ1n) is 7.60. The SMILES string of the molecule is O=C(NC(CCO)c1ccccc1)c1ncc2cccnc2c1O. The summed E-state index contributed by atoms with van der Waals surface area (Å²) in [7, 11) is 0. The minimum atomic E-state index is -0.512. The predicted molar refractivity (Wildman–Crippen MR) is 89.6 cm³/mol. The van der Waals surface area contributed by atoms with Crippen molar-refractivity contribution in [3.05, 3.63) is 66.1 Å². The van der Waals surface area contributed by atoms with Gasteiger partial charge in [-0.2, -0.15) is 0 Å². The molecule has 1 unspecified atom stereocenters. The van der Waals surface area contributed by atoms with Gasteiger partial charge in [0.15, 0.2) is 11.4 Å². The number of nitrogens with one attached hydrogen (secondary N) is 1. The molecule has 6 nitrogen and oxygen atoms in total. The number of nitrogens with zero attached hydrogens (tertiary/aromatic N) is 2. The highest BCUT2D eigenvalue weighted by Crippen LogP contribution is 2.25. The fraction of sp³-hybridized carbons (Fsp3) is 0.167. The molecule has 0 spiro atoms. The first-order chi connectivity index (χ1) is 11.7. The topological polar surface area (TPSA) is 95.3 Å². The van der Waals surface area contributed by atoms with Crippen molar-refractivity contribution in [2.45, 2.75) is 12.5 Å². The number of carbonyl (C=O) groups excluding carboxylic acids is 1. The van der Waals surface area contributed by atoms with Gasteiger partial charge in [-0.15, -0.1) is 0 Å². The van der Waals surface area contributed by atoms with E-state index in [1.165, 1.54) is 6.20 Å². The number of hydrogen-bond acceptors (Lipinski definition) is 5. The second-order valence-electron chi connectivity index (χ2n) is 5.35. The number of carbonyl (C=O) groups is 1. The van der Waals surface area contributed by atoms with Gasteiger partial charge in [-0.25, -0.2) is 4.98 Å². The Kier molecular flexibility index (Phi) is 4.67. The molecule has 122 valence electrons. The zero-order valence-electron chi connectivity index (χ0n) is 12.9. The largest absolute Gasteiger partial charge is 0.504 e. The summed E-state index contributed by atoms with van der Waals surface area (Å²) in [4.78, 5) is 20.7. The number of amides is 1. The van der Waals surface area contributed by atoms with Gasteiger partial charge < -0.3 is 15.5 Å². The Morgan fingerprint density at radius 1 is 1.12 bits per heavy atom. The molecule has 0 radical (unpaired) electrons. The Hall–Kier alpha value is -2.99. The van der Waals surface area contributed by atoms with E-state index in [1.54, 1.807) is 18.3 Å². The van der Waals surface area contributed by atoms with Crippen LogP contribution in [-0.4, -0.2) is 32.7 Å². The van der Waals surface area contributed by atoms with E-state index < -0.39 is 5.91 Å². The van der Waals surface area contributed by atoms with Crippen LogP contribution < -0.4 is 5.32 Å². The molecule has 3 rings (SSSR count). The van der Waals surface area contributed by atoms with Gasteiger partial charge in [0.05, 0.1) is 6.04 Å². The minimum absolute atomic E-state index is 0.0709. The standard InChI is InChI=1S/C18H17N3O3/c22-10-8-14(12-5-2-1-3-6-12)21-18(24)16-17(23)15-13(11-20-16)7-4-9-19-15/h1-7,9,11,14,22-23H,8,10H2,(H,21,24). The number of hydrogen-bond donors (Lipinski definition) is 3. The summed E-state index contributed by atoms with van der Waals surface area (Å²) in [5.41, 5.74) is 1.12. The third-order valence-corrected chi connectivity index (χ3v) is 3.76. The first-order valence-corrected chi connectivity index (χ1v) is 7.60. The molecule has 0 aliphatic rings. The quantitative estimate of drug-likeness (QED) is 0.669. The summed E-state index contributed by atoms with van der Waals surface area (Å²) >= 11 is 0. The Morgan fingerprint density at radius 2 is 1.92 bits per heavy atom. The van der Waals surface area contributed by atoms with Crippen LogP contribution in [0.4, 0.5) is 0 Å². The molecule has 6 heteroatoms. The van der Waals surface area contributed by atoms with Gasteiger partial charge >= 0.3 is 0 Å². The Bertz CT molecular complexity index is 853. The van der Waals surface area contributed by atoms with E-state index in [0.717, 1.165) is 5.56 Å². The van der Waals surface area contributed by atoms with E-state index >= 15 is 0 Å². The van der Waals surface area contributed by atoms with Crippen molar-refractivity contribution in [3.8, 4) is 5.75 Å². The van der Waals surface area contributed by atoms with Gasteiger partial charge in [0, 0.05) is 24.4 Å². The number of aromatic hydroxyl groups is 1. The monoisotopic (exact) mass is 323 g/mol. The molecule has 0 aliphatic carbocycles. The van der Waals surface area contributed by atoms with Crippen molar-refractivity contribution in [1.29, 1.82) is 0 Å². The summed E-state index contributed by atoms with van der Waals surface area (Å²) in [6.07, 6.45) is 3.41. The molecule has 3 aromatic rings. The van der Waals surface area contributed by atoms with Crippen molar-refractivity contribution in [3.63, 3.8) is 0 Å². The van der Waals surface area contributed by atoms with Crippen molar-refractivity contribution in [2.75, 3.05) is 6.61 Å². The van der Waals surface area contributed by atoms with E-state index in [-0.39, 0.29) is 24.1 Å². The van der Waals surface area contributed by atoms with Crippen LogP contribution in [0.25, 0.3) is 10.9 Å². The molecule has 3 N–H and O–H groups in total. The number of fused-ring (bicyclic) bond motifs is 1. The normalized spacial score (nSPS) is 12.0. The Morgan fingerprint density at radius 3 is 2.67 bits per heavy atom. The molecular formula is C18H17N3O3. The average Bonchev–Trinajstić information content (AvgIpc) is 2.62. The van der Waals surface area contributed by atoms with Crippen LogP contribution in [0.2, 0.25) is 0 Å². The number of aliphatic hydroxyl groups excluding tert-OH is 1. The maximum atomic E-state index is 12.5. The lowest BCUT2D eigenvalue weighted by Gasteiger charge is -2.18. The maximum absolute atomic E-state index is 12.5. The van der Waals surface area contributed by atoms with E-state index in [2.05, 4.69) is 15.3 Å². The van der Waals surface area contributed by atoms with Crippen LogP contribution in [-0.2, 0) is 0 Å². The average molecular weight is 323 g/mol. The summed E-state index contributed by atoms with van der Waals surface area (Å²) in [5.74, 6) is -0.760.